The van der Waals surface area contributed by atoms with Gasteiger partial charge in [0.15, 0.2) is 0 Å². The van der Waals surface area contributed by atoms with E-state index in [4.69, 9.17) is 0 Å². The van der Waals surface area contributed by atoms with Gasteiger partial charge in [-0.2, -0.15) is 0 Å². The largest absolute Gasteiger partial charge is 0.214 e. The molecule has 1 saturated heterocycles. The van der Waals surface area contributed by atoms with Gasteiger partial charge < -0.3 is 0 Å². The van der Waals surface area contributed by atoms with Crippen LogP contribution in [0.4, 0.5) is 0 Å². The minimum Gasteiger partial charge on any atom is -0.212 e. The molecule has 18 heavy (non-hydrogen) atoms. The van der Waals surface area contributed by atoms with Crippen LogP contribution in [0.1, 0.15) is 31.7 Å². The summed E-state index contributed by atoms with van der Waals surface area (Å²) < 4.78 is 25.9. The normalized spacial score (nSPS) is 21.6. The summed E-state index contributed by atoms with van der Waals surface area (Å²) >= 11 is 0. The van der Waals surface area contributed by atoms with Crippen LogP contribution in [-0.2, 0) is 10.0 Å². The number of nitrogens with zero attached hydrogens (tertiary/aromatic N) is 1. The molecule has 100 valence electrons. The molecule has 0 N–H and O–H groups in total. The zero-order valence-corrected chi connectivity index (χ0v) is 11.9. The van der Waals surface area contributed by atoms with Crippen molar-refractivity contribution in [2.45, 2.75) is 26.2 Å². The summed E-state index contributed by atoms with van der Waals surface area (Å²) in [6, 6.07) is 10.2. The van der Waals surface area contributed by atoms with E-state index in [9.17, 15) is 8.42 Å². The van der Waals surface area contributed by atoms with E-state index in [0.717, 1.165) is 6.42 Å². The van der Waals surface area contributed by atoms with Gasteiger partial charge in [-0.25, -0.2) is 12.7 Å². The molecule has 0 saturated carbocycles. The summed E-state index contributed by atoms with van der Waals surface area (Å²) in [5.41, 5.74) is 1.25. The van der Waals surface area contributed by atoms with Crippen LogP contribution in [0.3, 0.4) is 0 Å². The van der Waals surface area contributed by atoms with E-state index in [1.54, 1.807) is 4.31 Å². The first kappa shape index (κ1) is 13.6. The van der Waals surface area contributed by atoms with E-state index in [1.165, 1.54) is 5.56 Å². The van der Waals surface area contributed by atoms with E-state index in [-0.39, 0.29) is 11.7 Å². The minimum atomic E-state index is -3.07. The van der Waals surface area contributed by atoms with Crippen molar-refractivity contribution in [3.63, 3.8) is 0 Å². The van der Waals surface area contributed by atoms with Crippen molar-refractivity contribution in [3.05, 3.63) is 35.9 Å². The number of rotatable bonds is 4. The summed E-state index contributed by atoms with van der Waals surface area (Å²) in [6.45, 7) is 5.19. The fourth-order valence-corrected chi connectivity index (χ4v) is 4.35. The topological polar surface area (TPSA) is 37.4 Å². The van der Waals surface area contributed by atoms with Crippen LogP contribution in [0.5, 0.6) is 0 Å². The van der Waals surface area contributed by atoms with Crippen LogP contribution in [0.2, 0.25) is 0 Å². The Morgan fingerprint density at radius 3 is 2.56 bits per heavy atom. The fraction of sp³-hybridized carbons (Fsp3) is 0.571. The molecule has 1 atom stereocenters. The third-order valence-electron chi connectivity index (χ3n) is 3.36. The molecular weight excluding hydrogens is 246 g/mol. The fourth-order valence-electron chi connectivity index (χ4n) is 2.50. The van der Waals surface area contributed by atoms with Crippen LogP contribution < -0.4 is 0 Å². The quantitative estimate of drug-likeness (QED) is 0.840. The lowest BCUT2D eigenvalue weighted by molar-refractivity contribution is 0.465. The van der Waals surface area contributed by atoms with Gasteiger partial charge in [0.05, 0.1) is 5.75 Å². The molecule has 1 heterocycles. The van der Waals surface area contributed by atoms with Gasteiger partial charge in [0.25, 0.3) is 0 Å². The molecule has 2 rings (SSSR count). The van der Waals surface area contributed by atoms with Crippen molar-refractivity contribution < 1.29 is 8.42 Å². The summed E-state index contributed by atoms with van der Waals surface area (Å²) in [5.74, 6) is 0.799. The molecule has 3 nitrogen and oxygen atoms in total. The smallest absolute Gasteiger partial charge is 0.212 e. The zero-order chi connectivity index (χ0) is 13.2. The molecule has 0 radical (unpaired) electrons. The lowest BCUT2D eigenvalue weighted by Crippen LogP contribution is -2.32. The Morgan fingerprint density at radius 2 is 1.94 bits per heavy atom. The number of hydrogen-bond acceptors (Lipinski definition) is 2. The first-order valence-electron chi connectivity index (χ1n) is 6.52. The Labute approximate surface area is 110 Å². The second-order valence-electron chi connectivity index (χ2n) is 5.43. The average molecular weight is 267 g/mol. The standard InChI is InChI=1S/C14H21NO2S/c1-12(2)11-18(16,17)15-9-8-14(10-15)13-6-4-3-5-7-13/h3-7,12,14H,8-11H2,1-2H3. The molecule has 1 aliphatic heterocycles. The van der Waals surface area contributed by atoms with E-state index >= 15 is 0 Å². The molecule has 0 spiro atoms. The maximum absolute atomic E-state index is 12.1. The number of benzene rings is 1. The summed E-state index contributed by atoms with van der Waals surface area (Å²) in [6.07, 6.45) is 0.932. The number of hydrogen-bond donors (Lipinski definition) is 0. The molecule has 0 bridgehead atoms. The predicted octanol–water partition coefficient (Wildman–Crippen LogP) is 2.46. The van der Waals surface area contributed by atoms with Gasteiger partial charge in [-0.05, 0) is 23.8 Å². The molecule has 4 heteroatoms. The Hall–Kier alpha value is -0.870. The first-order chi connectivity index (χ1) is 8.49. The highest BCUT2D eigenvalue weighted by atomic mass is 32.2. The molecule has 1 aromatic carbocycles. The lowest BCUT2D eigenvalue weighted by Gasteiger charge is -2.18. The maximum atomic E-state index is 12.1. The van der Waals surface area contributed by atoms with Crippen LogP contribution in [0.15, 0.2) is 30.3 Å². The second kappa shape index (κ2) is 5.41. The monoisotopic (exact) mass is 267 g/mol. The highest BCUT2D eigenvalue weighted by molar-refractivity contribution is 7.89. The van der Waals surface area contributed by atoms with Gasteiger partial charge >= 0.3 is 0 Å². The van der Waals surface area contributed by atoms with Crippen molar-refractivity contribution in [1.82, 2.24) is 4.31 Å². The highest BCUT2D eigenvalue weighted by Gasteiger charge is 2.32. The second-order valence-corrected chi connectivity index (χ2v) is 7.44. The molecule has 1 aliphatic rings. The third kappa shape index (κ3) is 3.12. The van der Waals surface area contributed by atoms with Crippen LogP contribution in [-0.4, -0.2) is 31.6 Å². The van der Waals surface area contributed by atoms with E-state index in [2.05, 4.69) is 12.1 Å². The third-order valence-corrected chi connectivity index (χ3v) is 5.57. The molecule has 1 unspecified atom stereocenters. The maximum Gasteiger partial charge on any atom is 0.214 e. The van der Waals surface area contributed by atoms with Gasteiger partial charge in [0, 0.05) is 13.1 Å². The van der Waals surface area contributed by atoms with Crippen molar-refractivity contribution >= 4 is 10.0 Å². The number of sulfonamides is 1. The SMILES string of the molecule is CC(C)CS(=O)(=O)N1CCC(c2ccccc2)C1. The van der Waals surface area contributed by atoms with E-state index in [1.807, 2.05) is 32.0 Å². The van der Waals surface area contributed by atoms with Crippen LogP contribution >= 0.6 is 0 Å². The molecular formula is C14H21NO2S. The zero-order valence-electron chi connectivity index (χ0n) is 11.0. The average Bonchev–Trinajstić information content (AvgIpc) is 2.78. The first-order valence-corrected chi connectivity index (χ1v) is 8.13. The molecule has 0 aromatic heterocycles. The van der Waals surface area contributed by atoms with E-state index < -0.39 is 10.0 Å². The van der Waals surface area contributed by atoms with Crippen LogP contribution in [0.25, 0.3) is 0 Å². The Bertz CT molecular complexity index is 482. The molecule has 0 amide bonds. The summed E-state index contributed by atoms with van der Waals surface area (Å²) in [4.78, 5) is 0. The molecule has 1 fully saturated rings. The van der Waals surface area contributed by atoms with Crippen LogP contribution in [0, 0.1) is 5.92 Å². The van der Waals surface area contributed by atoms with Gasteiger partial charge in [-0.15, -0.1) is 0 Å². The van der Waals surface area contributed by atoms with Gasteiger partial charge in [-0.1, -0.05) is 44.2 Å². The van der Waals surface area contributed by atoms with Gasteiger partial charge in [-0.3, -0.25) is 0 Å². The Kier molecular flexibility index (Phi) is 4.07. The van der Waals surface area contributed by atoms with Crippen molar-refractivity contribution in [2.24, 2.45) is 5.92 Å². The Morgan fingerprint density at radius 1 is 1.28 bits per heavy atom. The predicted molar refractivity (Wildman–Crippen MR) is 74.0 cm³/mol. The lowest BCUT2D eigenvalue weighted by atomic mass is 9.99. The van der Waals surface area contributed by atoms with E-state index in [0.29, 0.717) is 19.0 Å². The van der Waals surface area contributed by atoms with Crippen molar-refractivity contribution in [3.8, 4) is 0 Å². The highest BCUT2D eigenvalue weighted by Crippen LogP contribution is 2.29. The molecule has 0 aliphatic carbocycles. The van der Waals surface area contributed by atoms with Crippen molar-refractivity contribution in [2.75, 3.05) is 18.8 Å². The minimum absolute atomic E-state index is 0.186. The van der Waals surface area contributed by atoms with Gasteiger partial charge in [0.1, 0.15) is 0 Å². The van der Waals surface area contributed by atoms with Gasteiger partial charge in [0.2, 0.25) is 10.0 Å². The van der Waals surface area contributed by atoms with Crippen molar-refractivity contribution in [1.29, 1.82) is 0 Å². The molecule has 1 aromatic rings. The Balaban J connectivity index is 2.05. The summed E-state index contributed by atoms with van der Waals surface area (Å²) in [7, 11) is -3.07. The summed E-state index contributed by atoms with van der Waals surface area (Å²) in [5, 5.41) is 0.